The quantitative estimate of drug-likeness (QED) is 0.794. The van der Waals surface area contributed by atoms with Gasteiger partial charge < -0.3 is 5.32 Å². The molecule has 0 aliphatic rings. The van der Waals surface area contributed by atoms with E-state index in [0.717, 1.165) is 17.5 Å². The Balaban J connectivity index is 2.55. The lowest BCUT2D eigenvalue weighted by molar-refractivity contribution is 0.0939. The third-order valence-corrected chi connectivity index (χ3v) is 3.10. The molecule has 4 heteroatoms. The number of hydrogen-bond donors (Lipinski definition) is 1. The molecule has 1 aromatic rings. The first-order chi connectivity index (χ1) is 6.65. The number of amides is 1. The number of nitrogens with one attached hydrogen (secondary N) is 1. The maximum Gasteiger partial charge on any atom is 0.252 e. The predicted octanol–water partition coefficient (Wildman–Crippen LogP) is 2.80. The van der Waals surface area contributed by atoms with Crippen LogP contribution in [0.15, 0.2) is 10.8 Å². The molecule has 1 N–H and O–H groups in total. The SMILES string of the molecule is Cc1cscc1C(=O)NC(C)CCCl. The van der Waals surface area contributed by atoms with Crippen molar-refractivity contribution in [3.63, 3.8) is 0 Å². The standard InChI is InChI=1S/C10H14ClNOS/c1-7-5-14-6-9(7)10(13)12-8(2)3-4-11/h5-6,8H,3-4H2,1-2H3,(H,12,13). The molecule has 0 aromatic carbocycles. The Kier molecular flexibility index (Phi) is 4.42. The van der Waals surface area contributed by atoms with E-state index in [9.17, 15) is 4.79 Å². The number of carbonyl (C=O) groups excluding carboxylic acids is 1. The number of hydrogen-bond acceptors (Lipinski definition) is 2. The minimum Gasteiger partial charge on any atom is -0.350 e. The van der Waals surface area contributed by atoms with Crippen LogP contribution in [-0.4, -0.2) is 17.8 Å². The zero-order valence-electron chi connectivity index (χ0n) is 8.34. The molecular weight excluding hydrogens is 218 g/mol. The molecule has 2 nitrogen and oxygen atoms in total. The lowest BCUT2D eigenvalue weighted by atomic mass is 10.2. The van der Waals surface area contributed by atoms with Crippen LogP contribution in [0.3, 0.4) is 0 Å². The molecule has 0 radical (unpaired) electrons. The summed E-state index contributed by atoms with van der Waals surface area (Å²) in [5.74, 6) is 0.575. The van der Waals surface area contributed by atoms with Crippen LogP contribution in [0.5, 0.6) is 0 Å². The third-order valence-electron chi connectivity index (χ3n) is 2.02. The first-order valence-corrected chi connectivity index (χ1v) is 6.02. The fourth-order valence-corrected chi connectivity index (χ4v) is 2.29. The molecule has 1 unspecified atom stereocenters. The molecule has 1 aromatic heterocycles. The van der Waals surface area contributed by atoms with Crippen molar-refractivity contribution in [2.45, 2.75) is 26.3 Å². The summed E-state index contributed by atoms with van der Waals surface area (Å²) in [6.07, 6.45) is 0.802. The number of thiophene rings is 1. The molecule has 1 amide bonds. The zero-order valence-corrected chi connectivity index (χ0v) is 9.91. The summed E-state index contributed by atoms with van der Waals surface area (Å²) in [6.45, 7) is 3.90. The second kappa shape index (κ2) is 5.37. The zero-order chi connectivity index (χ0) is 10.6. The van der Waals surface area contributed by atoms with E-state index in [1.165, 1.54) is 0 Å². The summed E-state index contributed by atoms with van der Waals surface area (Å²) in [7, 11) is 0. The molecule has 0 spiro atoms. The van der Waals surface area contributed by atoms with E-state index in [1.54, 1.807) is 11.3 Å². The van der Waals surface area contributed by atoms with E-state index in [2.05, 4.69) is 5.32 Å². The molecule has 0 fully saturated rings. The Morgan fingerprint density at radius 2 is 2.36 bits per heavy atom. The van der Waals surface area contributed by atoms with Crippen LogP contribution in [0.2, 0.25) is 0 Å². The van der Waals surface area contributed by atoms with Crippen molar-refractivity contribution in [2.24, 2.45) is 0 Å². The second-order valence-electron chi connectivity index (χ2n) is 3.32. The summed E-state index contributed by atoms with van der Waals surface area (Å²) in [6, 6.07) is 0.138. The Morgan fingerprint density at radius 3 is 2.86 bits per heavy atom. The van der Waals surface area contributed by atoms with Gasteiger partial charge >= 0.3 is 0 Å². The van der Waals surface area contributed by atoms with Gasteiger partial charge in [-0.05, 0) is 31.2 Å². The van der Waals surface area contributed by atoms with Crippen LogP contribution in [0, 0.1) is 6.92 Å². The Bertz CT molecular complexity index is 311. The minimum absolute atomic E-state index is 0.00127. The molecule has 0 saturated heterocycles. The third kappa shape index (κ3) is 3.00. The average Bonchev–Trinajstić information content (AvgIpc) is 2.51. The van der Waals surface area contributed by atoms with Crippen molar-refractivity contribution < 1.29 is 4.79 Å². The lowest BCUT2D eigenvalue weighted by Gasteiger charge is -2.11. The van der Waals surface area contributed by atoms with Gasteiger partial charge in [0.15, 0.2) is 0 Å². The van der Waals surface area contributed by atoms with E-state index in [0.29, 0.717) is 5.88 Å². The van der Waals surface area contributed by atoms with Gasteiger partial charge in [0.2, 0.25) is 0 Å². The van der Waals surface area contributed by atoms with Gasteiger partial charge in [-0.25, -0.2) is 0 Å². The first-order valence-electron chi connectivity index (χ1n) is 4.54. The van der Waals surface area contributed by atoms with Crippen LogP contribution in [0.1, 0.15) is 29.3 Å². The highest BCUT2D eigenvalue weighted by molar-refractivity contribution is 7.08. The van der Waals surface area contributed by atoms with E-state index in [4.69, 9.17) is 11.6 Å². The van der Waals surface area contributed by atoms with Crippen LogP contribution < -0.4 is 5.32 Å². The fourth-order valence-electron chi connectivity index (χ4n) is 1.13. The largest absolute Gasteiger partial charge is 0.350 e. The smallest absolute Gasteiger partial charge is 0.252 e. The van der Waals surface area contributed by atoms with Gasteiger partial charge in [-0.15, -0.1) is 11.6 Å². The molecule has 0 aliphatic heterocycles. The second-order valence-corrected chi connectivity index (χ2v) is 4.44. The van der Waals surface area contributed by atoms with Crippen molar-refractivity contribution in [2.75, 3.05) is 5.88 Å². The highest BCUT2D eigenvalue weighted by atomic mass is 35.5. The van der Waals surface area contributed by atoms with Crippen LogP contribution in [0.25, 0.3) is 0 Å². The highest BCUT2D eigenvalue weighted by Gasteiger charge is 2.11. The highest BCUT2D eigenvalue weighted by Crippen LogP contribution is 2.13. The predicted molar refractivity (Wildman–Crippen MR) is 61.3 cm³/mol. The Morgan fingerprint density at radius 1 is 1.64 bits per heavy atom. The molecular formula is C10H14ClNOS. The van der Waals surface area contributed by atoms with Crippen molar-refractivity contribution in [3.8, 4) is 0 Å². The van der Waals surface area contributed by atoms with Crippen LogP contribution >= 0.6 is 22.9 Å². The number of alkyl halides is 1. The normalized spacial score (nSPS) is 12.5. The number of halogens is 1. The van der Waals surface area contributed by atoms with Gasteiger partial charge in [-0.2, -0.15) is 11.3 Å². The summed E-state index contributed by atoms with van der Waals surface area (Å²) in [4.78, 5) is 11.7. The number of carbonyl (C=O) groups is 1. The molecule has 14 heavy (non-hydrogen) atoms. The maximum atomic E-state index is 11.7. The van der Waals surface area contributed by atoms with Crippen LogP contribution in [0.4, 0.5) is 0 Å². The molecule has 1 heterocycles. The molecule has 1 rings (SSSR count). The summed E-state index contributed by atoms with van der Waals surface area (Å²) >= 11 is 7.13. The summed E-state index contributed by atoms with van der Waals surface area (Å²) in [5, 5.41) is 6.75. The van der Waals surface area contributed by atoms with Crippen molar-refractivity contribution in [3.05, 3.63) is 21.9 Å². The summed E-state index contributed by atoms with van der Waals surface area (Å²) in [5.41, 5.74) is 1.81. The van der Waals surface area contributed by atoms with Crippen molar-refractivity contribution in [1.29, 1.82) is 0 Å². The molecule has 1 atom stereocenters. The molecule has 0 saturated carbocycles. The van der Waals surface area contributed by atoms with Crippen molar-refractivity contribution in [1.82, 2.24) is 5.32 Å². The molecule has 0 bridgehead atoms. The van der Waals surface area contributed by atoms with Crippen LogP contribution in [-0.2, 0) is 0 Å². The average molecular weight is 232 g/mol. The topological polar surface area (TPSA) is 29.1 Å². The van der Waals surface area contributed by atoms with Gasteiger partial charge in [0, 0.05) is 17.3 Å². The Hall–Kier alpha value is -0.540. The van der Waals surface area contributed by atoms with E-state index >= 15 is 0 Å². The van der Waals surface area contributed by atoms with Gasteiger partial charge in [0.25, 0.3) is 5.91 Å². The summed E-state index contributed by atoms with van der Waals surface area (Å²) < 4.78 is 0. The fraction of sp³-hybridized carbons (Fsp3) is 0.500. The van der Waals surface area contributed by atoms with E-state index in [1.807, 2.05) is 24.6 Å². The van der Waals surface area contributed by atoms with Gasteiger partial charge in [-0.3, -0.25) is 4.79 Å². The molecule has 0 aliphatic carbocycles. The van der Waals surface area contributed by atoms with Gasteiger partial charge in [0.1, 0.15) is 0 Å². The van der Waals surface area contributed by atoms with Gasteiger partial charge in [-0.1, -0.05) is 0 Å². The van der Waals surface area contributed by atoms with Crippen molar-refractivity contribution >= 4 is 28.8 Å². The van der Waals surface area contributed by atoms with E-state index < -0.39 is 0 Å². The number of aryl methyl sites for hydroxylation is 1. The monoisotopic (exact) mass is 231 g/mol. The maximum absolute atomic E-state index is 11.7. The Labute approximate surface area is 93.3 Å². The van der Waals surface area contributed by atoms with E-state index in [-0.39, 0.29) is 11.9 Å². The number of rotatable bonds is 4. The molecule has 78 valence electrons. The first kappa shape index (κ1) is 11.5. The van der Waals surface area contributed by atoms with Gasteiger partial charge in [0.05, 0.1) is 5.56 Å². The minimum atomic E-state index is 0.00127. The lowest BCUT2D eigenvalue weighted by Crippen LogP contribution is -2.32.